The molecule has 1 saturated heterocycles. The first-order chi connectivity index (χ1) is 8.16. The number of carbonyl (C=O) groups is 1. The summed E-state index contributed by atoms with van der Waals surface area (Å²) in [5.74, 6) is -1.18. The smallest absolute Gasteiger partial charge is 0.401 e. The van der Waals surface area contributed by atoms with Crippen molar-refractivity contribution < 1.29 is 27.8 Å². The van der Waals surface area contributed by atoms with Crippen LogP contribution in [0, 0.1) is 5.92 Å². The lowest BCUT2D eigenvalue weighted by molar-refractivity contribution is -0.160. The maximum absolute atomic E-state index is 12.2. The predicted octanol–water partition coefficient (Wildman–Crippen LogP) is 1.80. The summed E-state index contributed by atoms with van der Waals surface area (Å²) in [6.07, 6.45) is -4.67. The van der Waals surface area contributed by atoms with E-state index in [1.165, 1.54) is 0 Å². The van der Waals surface area contributed by atoms with Crippen molar-refractivity contribution in [3.8, 4) is 0 Å². The van der Waals surface area contributed by atoms with Crippen LogP contribution in [-0.2, 0) is 9.53 Å². The Balaban J connectivity index is 2.77. The molecule has 0 aromatic heterocycles. The van der Waals surface area contributed by atoms with Gasteiger partial charge in [0.05, 0.1) is 12.6 Å². The number of hydrogen-bond acceptors (Lipinski definition) is 3. The molecule has 1 heterocycles. The zero-order chi connectivity index (χ0) is 14.0. The number of ether oxygens (including phenoxy) is 1. The predicted molar refractivity (Wildman–Crippen MR) is 58.2 cm³/mol. The lowest BCUT2D eigenvalue weighted by atomic mass is 9.83. The van der Waals surface area contributed by atoms with Gasteiger partial charge in [0.25, 0.3) is 0 Å². The fourth-order valence-corrected chi connectivity index (χ4v) is 2.02. The van der Waals surface area contributed by atoms with Crippen molar-refractivity contribution in [1.82, 2.24) is 5.32 Å². The van der Waals surface area contributed by atoms with E-state index >= 15 is 0 Å². The van der Waals surface area contributed by atoms with Crippen LogP contribution in [0.25, 0.3) is 0 Å². The Kier molecular flexibility index (Phi) is 4.61. The Hall–Kier alpha value is -0.820. The van der Waals surface area contributed by atoms with Gasteiger partial charge in [0.2, 0.25) is 0 Å². The van der Waals surface area contributed by atoms with E-state index in [-0.39, 0.29) is 31.5 Å². The van der Waals surface area contributed by atoms with Gasteiger partial charge >= 0.3 is 12.1 Å². The van der Waals surface area contributed by atoms with Gasteiger partial charge in [0.15, 0.2) is 0 Å². The van der Waals surface area contributed by atoms with E-state index < -0.39 is 24.2 Å². The second-order valence-corrected chi connectivity index (χ2v) is 4.96. The second-order valence-electron chi connectivity index (χ2n) is 4.96. The van der Waals surface area contributed by atoms with Crippen molar-refractivity contribution in [2.45, 2.75) is 44.5 Å². The maximum Gasteiger partial charge on any atom is 0.401 e. The first-order valence-corrected chi connectivity index (χ1v) is 5.83. The summed E-state index contributed by atoms with van der Waals surface area (Å²) in [5.41, 5.74) is -1.54. The minimum absolute atomic E-state index is 0.0433. The number of carboxylic acid groups (broad SMARTS) is 1. The first kappa shape index (κ1) is 15.2. The van der Waals surface area contributed by atoms with Gasteiger partial charge in [-0.05, 0) is 12.3 Å². The lowest BCUT2D eigenvalue weighted by Crippen LogP contribution is -2.59. The Bertz CT molecular complexity index is 306. The molecule has 0 aromatic rings. The van der Waals surface area contributed by atoms with Gasteiger partial charge in [-0.1, -0.05) is 13.8 Å². The van der Waals surface area contributed by atoms with Crippen molar-refractivity contribution in [2.24, 2.45) is 5.92 Å². The van der Waals surface area contributed by atoms with E-state index in [2.05, 4.69) is 5.32 Å². The molecular weight excluding hydrogens is 251 g/mol. The van der Waals surface area contributed by atoms with Gasteiger partial charge in [-0.3, -0.25) is 10.1 Å². The number of hydrogen-bond donors (Lipinski definition) is 2. The molecule has 1 aliphatic rings. The second kappa shape index (κ2) is 5.44. The summed E-state index contributed by atoms with van der Waals surface area (Å²) in [7, 11) is 0. The highest BCUT2D eigenvalue weighted by Gasteiger charge is 2.46. The average molecular weight is 269 g/mol. The molecule has 1 aliphatic heterocycles. The monoisotopic (exact) mass is 269 g/mol. The molecule has 1 fully saturated rings. The molecule has 0 aromatic carbocycles. The molecule has 2 N–H and O–H groups in total. The summed E-state index contributed by atoms with van der Waals surface area (Å²) >= 11 is 0. The summed E-state index contributed by atoms with van der Waals surface area (Å²) in [5, 5.41) is 11.4. The molecule has 106 valence electrons. The van der Waals surface area contributed by atoms with Crippen LogP contribution in [0.15, 0.2) is 0 Å². The fourth-order valence-electron chi connectivity index (χ4n) is 2.02. The standard InChI is InChI=1S/C11H18F3NO3/c1-7(2)8-5-10(9(16)17,3-4-18-8)15-6-11(12,13)14/h7-8,15H,3-6H2,1-2H3,(H,16,17). The normalized spacial score (nSPS) is 29.6. The number of aliphatic carboxylic acids is 1. The number of nitrogens with one attached hydrogen (secondary N) is 1. The van der Waals surface area contributed by atoms with Crippen LogP contribution in [0.3, 0.4) is 0 Å². The molecule has 2 atom stereocenters. The maximum atomic E-state index is 12.2. The van der Waals surface area contributed by atoms with Crippen molar-refractivity contribution in [2.75, 3.05) is 13.2 Å². The fraction of sp³-hybridized carbons (Fsp3) is 0.909. The van der Waals surface area contributed by atoms with Crippen molar-refractivity contribution in [1.29, 1.82) is 0 Å². The number of rotatable bonds is 4. The van der Waals surface area contributed by atoms with Gasteiger partial charge in [-0.25, -0.2) is 0 Å². The number of alkyl halides is 3. The molecular formula is C11H18F3NO3. The Morgan fingerprint density at radius 3 is 2.61 bits per heavy atom. The number of carboxylic acids is 1. The van der Waals surface area contributed by atoms with E-state index in [0.29, 0.717) is 0 Å². The van der Waals surface area contributed by atoms with Crippen LogP contribution >= 0.6 is 0 Å². The van der Waals surface area contributed by atoms with Crippen molar-refractivity contribution >= 4 is 5.97 Å². The topological polar surface area (TPSA) is 58.6 Å². The van der Waals surface area contributed by atoms with Crippen LogP contribution in [0.4, 0.5) is 13.2 Å². The third-order valence-corrected chi connectivity index (χ3v) is 3.19. The van der Waals surface area contributed by atoms with Gasteiger partial charge in [-0.15, -0.1) is 0 Å². The minimum Gasteiger partial charge on any atom is -0.480 e. The molecule has 0 bridgehead atoms. The lowest BCUT2D eigenvalue weighted by Gasteiger charge is -2.40. The van der Waals surface area contributed by atoms with Gasteiger partial charge in [-0.2, -0.15) is 13.2 Å². The molecule has 0 radical (unpaired) electrons. The van der Waals surface area contributed by atoms with Gasteiger partial charge < -0.3 is 9.84 Å². The summed E-state index contributed by atoms with van der Waals surface area (Å²) in [6.45, 7) is 2.56. The number of halogens is 3. The SMILES string of the molecule is CC(C)C1CC(NCC(F)(F)F)(C(=O)O)CCO1. The zero-order valence-electron chi connectivity index (χ0n) is 10.4. The van der Waals surface area contributed by atoms with Gasteiger partial charge in [0.1, 0.15) is 5.54 Å². The van der Waals surface area contributed by atoms with Crippen molar-refractivity contribution in [3.05, 3.63) is 0 Å². The first-order valence-electron chi connectivity index (χ1n) is 5.83. The summed E-state index contributed by atoms with van der Waals surface area (Å²) < 4.78 is 42.0. The molecule has 0 saturated carbocycles. The molecule has 18 heavy (non-hydrogen) atoms. The molecule has 0 spiro atoms. The molecule has 4 nitrogen and oxygen atoms in total. The van der Waals surface area contributed by atoms with E-state index in [1.54, 1.807) is 0 Å². The molecule has 7 heteroatoms. The van der Waals surface area contributed by atoms with Crippen LogP contribution in [0.5, 0.6) is 0 Å². The van der Waals surface area contributed by atoms with E-state index in [9.17, 15) is 23.1 Å². The van der Waals surface area contributed by atoms with E-state index in [0.717, 1.165) is 0 Å². The third-order valence-electron chi connectivity index (χ3n) is 3.19. The Morgan fingerprint density at radius 2 is 2.17 bits per heavy atom. The molecule has 0 aliphatic carbocycles. The van der Waals surface area contributed by atoms with Crippen LogP contribution in [0.1, 0.15) is 26.7 Å². The zero-order valence-corrected chi connectivity index (χ0v) is 10.4. The molecule has 1 rings (SSSR count). The highest BCUT2D eigenvalue weighted by molar-refractivity contribution is 5.79. The van der Waals surface area contributed by atoms with Crippen molar-refractivity contribution in [3.63, 3.8) is 0 Å². The van der Waals surface area contributed by atoms with E-state index in [1.807, 2.05) is 13.8 Å². The molecule has 2 unspecified atom stereocenters. The highest BCUT2D eigenvalue weighted by atomic mass is 19.4. The molecule has 0 amide bonds. The van der Waals surface area contributed by atoms with Crippen LogP contribution < -0.4 is 5.32 Å². The average Bonchev–Trinajstić information content (AvgIpc) is 2.25. The van der Waals surface area contributed by atoms with Crippen LogP contribution in [-0.4, -0.2) is 42.0 Å². The largest absolute Gasteiger partial charge is 0.480 e. The minimum atomic E-state index is -4.42. The Labute approximate surface area is 103 Å². The van der Waals surface area contributed by atoms with Crippen LogP contribution in [0.2, 0.25) is 0 Å². The van der Waals surface area contributed by atoms with Gasteiger partial charge in [0, 0.05) is 13.0 Å². The summed E-state index contributed by atoms with van der Waals surface area (Å²) in [4.78, 5) is 11.3. The summed E-state index contributed by atoms with van der Waals surface area (Å²) in [6, 6.07) is 0. The quantitative estimate of drug-likeness (QED) is 0.817. The van der Waals surface area contributed by atoms with E-state index in [4.69, 9.17) is 4.74 Å². The highest BCUT2D eigenvalue weighted by Crippen LogP contribution is 2.30. The third kappa shape index (κ3) is 3.84. The Morgan fingerprint density at radius 1 is 1.56 bits per heavy atom.